The summed E-state index contributed by atoms with van der Waals surface area (Å²) in [6, 6.07) is 11.3. The summed E-state index contributed by atoms with van der Waals surface area (Å²) in [5.41, 5.74) is 1.68. The molecule has 2 aromatic rings. The lowest BCUT2D eigenvalue weighted by atomic mass is 10.1. The first-order valence-corrected chi connectivity index (χ1v) is 7.73. The number of benzene rings is 1. The van der Waals surface area contributed by atoms with Crippen LogP contribution in [0.2, 0.25) is 0 Å². The lowest BCUT2D eigenvalue weighted by Gasteiger charge is -2.06. The third kappa shape index (κ3) is 5.04. The van der Waals surface area contributed by atoms with Gasteiger partial charge in [0.05, 0.1) is 13.0 Å². The maximum absolute atomic E-state index is 11.8. The summed E-state index contributed by atoms with van der Waals surface area (Å²) in [6.07, 6.45) is 0.792. The first kappa shape index (κ1) is 15.3. The molecule has 0 aliphatic carbocycles. The van der Waals surface area contributed by atoms with Crippen LogP contribution < -0.4 is 10.6 Å². The molecular weight excluding hydrogens is 284 g/mol. The van der Waals surface area contributed by atoms with Crippen molar-refractivity contribution in [3.05, 3.63) is 52.2 Å². The molecule has 0 aliphatic rings. The molecule has 1 aromatic heterocycles. The zero-order chi connectivity index (χ0) is 15.1. The number of nitrogens with one attached hydrogen (secondary N) is 2. The van der Waals surface area contributed by atoms with Crippen LogP contribution in [0.25, 0.3) is 0 Å². The van der Waals surface area contributed by atoms with Crippen LogP contribution in [0.4, 0.5) is 5.69 Å². The summed E-state index contributed by atoms with van der Waals surface area (Å²) >= 11 is 1.63. The number of rotatable bonds is 6. The highest BCUT2D eigenvalue weighted by molar-refractivity contribution is 7.09. The van der Waals surface area contributed by atoms with Crippen LogP contribution in [0, 0.1) is 0 Å². The van der Waals surface area contributed by atoms with Crippen LogP contribution in [-0.4, -0.2) is 11.8 Å². The Kier molecular flexibility index (Phi) is 5.51. The van der Waals surface area contributed by atoms with Crippen molar-refractivity contribution in [1.82, 2.24) is 5.32 Å². The van der Waals surface area contributed by atoms with Gasteiger partial charge in [0.2, 0.25) is 11.8 Å². The Bertz CT molecular complexity index is 591. The smallest absolute Gasteiger partial charge is 0.224 e. The van der Waals surface area contributed by atoms with Crippen molar-refractivity contribution in [2.24, 2.45) is 0 Å². The Morgan fingerprint density at radius 2 is 1.86 bits per heavy atom. The van der Waals surface area contributed by atoms with E-state index < -0.39 is 0 Å². The predicted octanol–water partition coefficient (Wildman–Crippen LogP) is 2.96. The molecule has 0 spiro atoms. The van der Waals surface area contributed by atoms with Crippen LogP contribution in [0.5, 0.6) is 0 Å². The Morgan fingerprint density at radius 1 is 1.10 bits per heavy atom. The maximum atomic E-state index is 11.8. The van der Waals surface area contributed by atoms with Gasteiger partial charge in [-0.1, -0.05) is 25.1 Å². The average Bonchev–Trinajstić information content (AvgIpc) is 3.00. The van der Waals surface area contributed by atoms with E-state index in [1.165, 1.54) is 0 Å². The molecule has 1 heterocycles. The zero-order valence-electron chi connectivity index (χ0n) is 11.9. The number of hydrogen-bond acceptors (Lipinski definition) is 3. The minimum atomic E-state index is -0.0172. The number of hydrogen-bond donors (Lipinski definition) is 2. The molecule has 0 atom stereocenters. The molecule has 0 aliphatic heterocycles. The molecule has 1 aromatic carbocycles. The van der Waals surface area contributed by atoms with Gasteiger partial charge in [0.25, 0.3) is 0 Å². The van der Waals surface area contributed by atoms with Gasteiger partial charge in [-0.15, -0.1) is 11.3 Å². The Labute approximate surface area is 128 Å². The Morgan fingerprint density at radius 3 is 2.48 bits per heavy atom. The SMILES string of the molecule is CCC(=O)Nc1ccc(CC(=O)NCc2cccs2)cc1. The summed E-state index contributed by atoms with van der Waals surface area (Å²) in [4.78, 5) is 24.2. The summed E-state index contributed by atoms with van der Waals surface area (Å²) in [5, 5.41) is 7.66. The van der Waals surface area contributed by atoms with E-state index in [2.05, 4.69) is 10.6 Å². The van der Waals surface area contributed by atoms with Gasteiger partial charge >= 0.3 is 0 Å². The molecular formula is C16H18N2O2S. The molecule has 2 amide bonds. The van der Waals surface area contributed by atoms with Crippen molar-refractivity contribution in [2.45, 2.75) is 26.3 Å². The molecule has 2 rings (SSSR count). The number of amides is 2. The Balaban J connectivity index is 1.82. The van der Waals surface area contributed by atoms with Gasteiger partial charge in [-0.05, 0) is 29.1 Å². The van der Waals surface area contributed by atoms with Gasteiger partial charge in [-0.3, -0.25) is 9.59 Å². The van der Waals surface area contributed by atoms with Crippen LogP contribution in [0.15, 0.2) is 41.8 Å². The third-order valence-electron chi connectivity index (χ3n) is 2.96. The van der Waals surface area contributed by atoms with Gasteiger partial charge in [0, 0.05) is 17.0 Å². The Hall–Kier alpha value is -2.14. The van der Waals surface area contributed by atoms with Gasteiger partial charge < -0.3 is 10.6 Å². The standard InChI is InChI=1S/C16H18N2O2S/c1-2-15(19)18-13-7-5-12(6-8-13)10-16(20)17-11-14-4-3-9-21-14/h3-9H,2,10-11H2,1H3,(H,17,20)(H,18,19). The monoisotopic (exact) mass is 302 g/mol. The molecule has 0 saturated heterocycles. The quantitative estimate of drug-likeness (QED) is 0.862. The van der Waals surface area contributed by atoms with E-state index in [-0.39, 0.29) is 11.8 Å². The lowest BCUT2D eigenvalue weighted by Crippen LogP contribution is -2.24. The highest BCUT2D eigenvalue weighted by atomic mass is 32.1. The molecule has 0 bridgehead atoms. The maximum Gasteiger partial charge on any atom is 0.224 e. The highest BCUT2D eigenvalue weighted by Gasteiger charge is 2.04. The molecule has 4 nitrogen and oxygen atoms in total. The average molecular weight is 302 g/mol. The molecule has 5 heteroatoms. The molecule has 0 unspecified atom stereocenters. The van der Waals surface area contributed by atoms with E-state index in [1.54, 1.807) is 11.3 Å². The summed E-state index contributed by atoms with van der Waals surface area (Å²) in [5.74, 6) is -0.0230. The topological polar surface area (TPSA) is 58.2 Å². The van der Waals surface area contributed by atoms with Gasteiger partial charge in [-0.25, -0.2) is 0 Å². The second-order valence-electron chi connectivity index (χ2n) is 4.63. The van der Waals surface area contributed by atoms with Crippen molar-refractivity contribution >= 4 is 28.8 Å². The van der Waals surface area contributed by atoms with Crippen LogP contribution in [0.1, 0.15) is 23.8 Å². The fourth-order valence-electron chi connectivity index (χ4n) is 1.80. The van der Waals surface area contributed by atoms with E-state index in [4.69, 9.17) is 0 Å². The van der Waals surface area contributed by atoms with Gasteiger partial charge in [0.1, 0.15) is 0 Å². The third-order valence-corrected chi connectivity index (χ3v) is 3.84. The zero-order valence-corrected chi connectivity index (χ0v) is 12.7. The van der Waals surface area contributed by atoms with E-state index in [0.717, 1.165) is 16.1 Å². The number of carbonyl (C=O) groups is 2. The normalized spacial score (nSPS) is 10.1. The summed E-state index contributed by atoms with van der Waals surface area (Å²) in [6.45, 7) is 2.38. The van der Waals surface area contributed by atoms with E-state index in [9.17, 15) is 9.59 Å². The second-order valence-corrected chi connectivity index (χ2v) is 5.66. The largest absolute Gasteiger partial charge is 0.351 e. The molecule has 0 saturated carbocycles. The van der Waals surface area contributed by atoms with Crippen molar-refractivity contribution in [1.29, 1.82) is 0 Å². The first-order valence-electron chi connectivity index (χ1n) is 6.85. The van der Waals surface area contributed by atoms with Crippen molar-refractivity contribution in [3.63, 3.8) is 0 Å². The molecule has 2 N–H and O–H groups in total. The lowest BCUT2D eigenvalue weighted by molar-refractivity contribution is -0.120. The number of carbonyl (C=O) groups excluding carboxylic acids is 2. The van der Waals surface area contributed by atoms with E-state index in [0.29, 0.717) is 19.4 Å². The fourth-order valence-corrected chi connectivity index (χ4v) is 2.45. The van der Waals surface area contributed by atoms with E-state index >= 15 is 0 Å². The minimum Gasteiger partial charge on any atom is -0.351 e. The minimum absolute atomic E-state index is 0.00579. The summed E-state index contributed by atoms with van der Waals surface area (Å²) < 4.78 is 0. The first-order chi connectivity index (χ1) is 10.2. The second kappa shape index (κ2) is 7.59. The molecule has 110 valence electrons. The van der Waals surface area contributed by atoms with Crippen LogP contribution in [-0.2, 0) is 22.6 Å². The highest BCUT2D eigenvalue weighted by Crippen LogP contribution is 2.11. The number of thiophene rings is 1. The predicted molar refractivity (Wildman–Crippen MR) is 85.2 cm³/mol. The fraction of sp³-hybridized carbons (Fsp3) is 0.250. The van der Waals surface area contributed by atoms with Gasteiger partial charge in [0.15, 0.2) is 0 Å². The number of anilines is 1. The van der Waals surface area contributed by atoms with Crippen molar-refractivity contribution < 1.29 is 9.59 Å². The van der Waals surface area contributed by atoms with Gasteiger partial charge in [-0.2, -0.15) is 0 Å². The molecule has 21 heavy (non-hydrogen) atoms. The summed E-state index contributed by atoms with van der Waals surface area (Å²) in [7, 11) is 0. The van der Waals surface area contributed by atoms with Crippen molar-refractivity contribution in [3.8, 4) is 0 Å². The van der Waals surface area contributed by atoms with E-state index in [1.807, 2.05) is 48.7 Å². The van der Waals surface area contributed by atoms with Crippen molar-refractivity contribution in [2.75, 3.05) is 5.32 Å². The molecule has 0 radical (unpaired) electrons. The molecule has 0 fully saturated rings. The van der Waals surface area contributed by atoms with Crippen LogP contribution >= 0.6 is 11.3 Å². The van der Waals surface area contributed by atoms with Crippen LogP contribution in [0.3, 0.4) is 0 Å².